The van der Waals surface area contributed by atoms with Crippen molar-refractivity contribution >= 4 is 17.7 Å². The van der Waals surface area contributed by atoms with Gasteiger partial charge in [-0.3, -0.25) is 14.4 Å². The summed E-state index contributed by atoms with van der Waals surface area (Å²) < 4.78 is 11.1. The van der Waals surface area contributed by atoms with Crippen LogP contribution in [0.1, 0.15) is 120 Å². The lowest BCUT2D eigenvalue weighted by atomic mass is 9.42. The van der Waals surface area contributed by atoms with E-state index in [1.807, 2.05) is 13.8 Å². The maximum atomic E-state index is 13.7. The largest absolute Gasteiger partial charge is 0.462 e. The lowest BCUT2D eigenvalue weighted by molar-refractivity contribution is -0.217. The summed E-state index contributed by atoms with van der Waals surface area (Å²) in [5.41, 5.74) is -2.09. The SMILES string of the molecule is CC(=O)OC1CCC2(C)C3CCC4(C)C(C(C)CCC(C)C(C)(C)OC(C)=O)CCC4C3CC(=O)C2(O)C1. The maximum Gasteiger partial charge on any atom is 0.303 e. The Hall–Kier alpha value is -1.43. The molecule has 10 unspecified atom stereocenters. The number of hydrogen-bond acceptors (Lipinski definition) is 6. The van der Waals surface area contributed by atoms with Crippen LogP contribution in [0.15, 0.2) is 0 Å². The van der Waals surface area contributed by atoms with Gasteiger partial charge < -0.3 is 14.6 Å². The van der Waals surface area contributed by atoms with Crippen molar-refractivity contribution in [3.05, 3.63) is 0 Å². The predicted molar refractivity (Wildman–Crippen MR) is 146 cm³/mol. The molecule has 0 aromatic rings. The molecule has 0 heterocycles. The fourth-order valence-electron chi connectivity index (χ4n) is 9.85. The molecule has 4 aliphatic rings. The van der Waals surface area contributed by atoms with Gasteiger partial charge in [-0.25, -0.2) is 0 Å². The van der Waals surface area contributed by atoms with E-state index >= 15 is 0 Å². The minimum Gasteiger partial charge on any atom is -0.462 e. The van der Waals surface area contributed by atoms with Crippen molar-refractivity contribution in [2.24, 2.45) is 46.3 Å². The first-order chi connectivity index (χ1) is 17.5. The van der Waals surface area contributed by atoms with Crippen LogP contribution in [0.4, 0.5) is 0 Å². The highest BCUT2D eigenvalue weighted by molar-refractivity contribution is 5.89. The van der Waals surface area contributed by atoms with E-state index in [1.165, 1.54) is 26.7 Å². The molecule has 4 aliphatic carbocycles. The van der Waals surface area contributed by atoms with Crippen molar-refractivity contribution in [2.75, 3.05) is 0 Å². The maximum absolute atomic E-state index is 13.7. The Morgan fingerprint density at radius 1 is 1.00 bits per heavy atom. The fraction of sp³-hybridized carbons (Fsp3) is 0.906. The summed E-state index contributed by atoms with van der Waals surface area (Å²) in [6.45, 7) is 16.1. The van der Waals surface area contributed by atoms with Gasteiger partial charge in [0.05, 0.1) is 0 Å². The van der Waals surface area contributed by atoms with E-state index < -0.39 is 16.6 Å². The Morgan fingerprint density at radius 3 is 2.32 bits per heavy atom. The normalized spacial score (nSPS) is 42.3. The molecule has 0 aromatic carbocycles. The zero-order valence-electron chi connectivity index (χ0n) is 25.1. The molecule has 4 saturated carbocycles. The second-order valence-corrected chi connectivity index (χ2v) is 14.6. The number of ketones is 1. The second-order valence-electron chi connectivity index (χ2n) is 14.6. The number of esters is 2. The lowest BCUT2D eigenvalue weighted by Crippen LogP contribution is -2.67. The van der Waals surface area contributed by atoms with Gasteiger partial charge in [0.1, 0.15) is 17.3 Å². The molecule has 0 saturated heterocycles. The summed E-state index contributed by atoms with van der Waals surface area (Å²) >= 11 is 0. The topological polar surface area (TPSA) is 89.9 Å². The van der Waals surface area contributed by atoms with Crippen molar-refractivity contribution in [1.29, 1.82) is 0 Å². The molecule has 6 heteroatoms. The lowest BCUT2D eigenvalue weighted by Gasteiger charge is -2.63. The molecular formula is C32H52O6. The Labute approximate surface area is 230 Å². The number of fused-ring (bicyclic) bond motifs is 5. The smallest absolute Gasteiger partial charge is 0.303 e. The van der Waals surface area contributed by atoms with Gasteiger partial charge in [0, 0.05) is 32.1 Å². The van der Waals surface area contributed by atoms with Gasteiger partial charge in [-0.2, -0.15) is 0 Å². The Bertz CT molecular complexity index is 942. The van der Waals surface area contributed by atoms with Crippen LogP contribution in [-0.4, -0.2) is 40.1 Å². The van der Waals surface area contributed by atoms with Crippen molar-refractivity contribution in [2.45, 2.75) is 137 Å². The zero-order valence-corrected chi connectivity index (χ0v) is 25.1. The first-order valence-corrected chi connectivity index (χ1v) is 15.2. The van der Waals surface area contributed by atoms with Crippen molar-refractivity contribution in [3.8, 4) is 0 Å². The summed E-state index contributed by atoms with van der Waals surface area (Å²) in [6, 6.07) is 0. The zero-order chi connectivity index (χ0) is 28.3. The van der Waals surface area contributed by atoms with Gasteiger partial charge >= 0.3 is 11.9 Å². The number of aliphatic hydroxyl groups is 1. The molecule has 0 aromatic heterocycles. The minimum absolute atomic E-state index is 0.0274. The number of carbonyl (C=O) groups excluding carboxylic acids is 3. The summed E-state index contributed by atoms with van der Waals surface area (Å²) in [6.07, 6.45) is 8.50. The second kappa shape index (κ2) is 10.2. The molecule has 0 aliphatic heterocycles. The standard InChI is InChI=1S/C32H52O6/c1-19(9-10-20(2)29(5,6)38-22(4)34)25-11-12-26-24-17-28(35)32(36)18-23(37-21(3)33)13-16-31(32,8)27(24)14-15-30(25,26)7/h19-20,23-27,36H,9-18H2,1-8H3. The van der Waals surface area contributed by atoms with Crippen molar-refractivity contribution in [3.63, 3.8) is 0 Å². The summed E-state index contributed by atoms with van der Waals surface area (Å²) in [7, 11) is 0. The first kappa shape index (κ1) is 29.6. The van der Waals surface area contributed by atoms with Gasteiger partial charge in [0.15, 0.2) is 5.78 Å². The van der Waals surface area contributed by atoms with E-state index in [2.05, 4.69) is 27.7 Å². The number of rotatable bonds is 7. The molecule has 216 valence electrons. The molecular weight excluding hydrogens is 480 g/mol. The average Bonchev–Trinajstić information content (AvgIpc) is 3.15. The predicted octanol–water partition coefficient (Wildman–Crippen LogP) is 6.27. The third-order valence-corrected chi connectivity index (χ3v) is 12.3. The van der Waals surface area contributed by atoms with E-state index in [0.717, 1.165) is 38.5 Å². The van der Waals surface area contributed by atoms with E-state index in [-0.39, 0.29) is 41.6 Å². The van der Waals surface area contributed by atoms with E-state index in [1.54, 1.807) is 0 Å². The molecule has 0 spiro atoms. The van der Waals surface area contributed by atoms with Gasteiger partial charge in [-0.05, 0) is 99.7 Å². The number of ether oxygens (including phenoxy) is 2. The Balaban J connectivity index is 1.47. The summed E-state index contributed by atoms with van der Waals surface area (Å²) in [4.78, 5) is 36.8. The molecule has 1 N–H and O–H groups in total. The van der Waals surface area contributed by atoms with Crippen LogP contribution in [0.2, 0.25) is 0 Å². The first-order valence-electron chi connectivity index (χ1n) is 15.2. The summed E-state index contributed by atoms with van der Waals surface area (Å²) in [5, 5.41) is 11.9. The number of hydrogen-bond donors (Lipinski definition) is 1. The molecule has 6 nitrogen and oxygen atoms in total. The molecule has 4 rings (SSSR count). The third kappa shape index (κ3) is 4.86. The molecule has 0 bridgehead atoms. The van der Waals surface area contributed by atoms with Crippen LogP contribution in [0.5, 0.6) is 0 Å². The molecule has 38 heavy (non-hydrogen) atoms. The monoisotopic (exact) mass is 532 g/mol. The summed E-state index contributed by atoms with van der Waals surface area (Å²) in [5.74, 6) is 2.07. The Kier molecular flexibility index (Phi) is 7.93. The Morgan fingerprint density at radius 2 is 1.68 bits per heavy atom. The van der Waals surface area contributed by atoms with E-state index in [4.69, 9.17) is 9.47 Å². The van der Waals surface area contributed by atoms with Gasteiger partial charge in [0.2, 0.25) is 0 Å². The van der Waals surface area contributed by atoms with Crippen LogP contribution < -0.4 is 0 Å². The molecule has 4 fully saturated rings. The molecule has 10 atom stereocenters. The van der Waals surface area contributed by atoms with Crippen molar-refractivity contribution in [1.82, 2.24) is 0 Å². The fourth-order valence-corrected chi connectivity index (χ4v) is 9.85. The van der Waals surface area contributed by atoms with Crippen LogP contribution in [-0.2, 0) is 23.9 Å². The highest BCUT2D eigenvalue weighted by Crippen LogP contribution is 2.68. The van der Waals surface area contributed by atoms with Crippen molar-refractivity contribution < 1.29 is 29.0 Å². The number of carbonyl (C=O) groups is 3. The van der Waals surface area contributed by atoms with E-state index in [9.17, 15) is 19.5 Å². The van der Waals surface area contributed by atoms with Crippen LogP contribution in [0.25, 0.3) is 0 Å². The van der Waals surface area contributed by atoms with E-state index in [0.29, 0.717) is 36.0 Å². The third-order valence-electron chi connectivity index (χ3n) is 12.3. The number of Topliss-reactive ketones (excluding diaryl/α,β-unsaturated/α-hetero) is 1. The van der Waals surface area contributed by atoms with Crippen LogP contribution >= 0.6 is 0 Å². The highest BCUT2D eigenvalue weighted by atomic mass is 16.6. The van der Waals surface area contributed by atoms with Gasteiger partial charge in [0.25, 0.3) is 0 Å². The average molecular weight is 533 g/mol. The quantitative estimate of drug-likeness (QED) is 0.389. The highest BCUT2D eigenvalue weighted by Gasteiger charge is 2.68. The molecule has 0 amide bonds. The van der Waals surface area contributed by atoms with Gasteiger partial charge in [-0.15, -0.1) is 0 Å². The minimum atomic E-state index is -1.39. The molecule has 0 radical (unpaired) electrons. The van der Waals surface area contributed by atoms with Gasteiger partial charge in [-0.1, -0.05) is 34.1 Å². The van der Waals surface area contributed by atoms with Crippen LogP contribution in [0, 0.1) is 46.3 Å². The van der Waals surface area contributed by atoms with Crippen LogP contribution in [0.3, 0.4) is 0 Å².